The molecule has 0 aliphatic heterocycles. The zero-order valence-electron chi connectivity index (χ0n) is 12.4. The molecule has 1 atom stereocenters. The third kappa shape index (κ3) is 7.24. The predicted molar refractivity (Wildman–Crippen MR) is 84.4 cm³/mol. The van der Waals surface area contributed by atoms with E-state index in [0.29, 0.717) is 30.3 Å². The fourth-order valence-corrected chi connectivity index (χ4v) is 2.71. The van der Waals surface area contributed by atoms with Crippen molar-refractivity contribution in [1.29, 1.82) is 0 Å². The Labute approximate surface area is 129 Å². The minimum absolute atomic E-state index is 0.0690. The van der Waals surface area contributed by atoms with Crippen molar-refractivity contribution in [2.24, 2.45) is 5.92 Å². The van der Waals surface area contributed by atoms with Crippen molar-refractivity contribution in [3.8, 4) is 0 Å². The molecular weight excluding hydrogens is 288 g/mol. The largest absolute Gasteiger partial charge is 0.396 e. The zero-order valence-corrected chi connectivity index (χ0v) is 13.2. The summed E-state index contributed by atoms with van der Waals surface area (Å²) in [5.41, 5.74) is 0. The molecule has 3 N–H and O–H groups in total. The average molecular weight is 312 g/mol. The van der Waals surface area contributed by atoms with E-state index in [0.717, 1.165) is 12.8 Å². The highest BCUT2D eigenvalue weighted by Crippen LogP contribution is 2.09. The zero-order chi connectivity index (χ0) is 15.5. The van der Waals surface area contributed by atoms with Crippen LogP contribution >= 0.6 is 11.3 Å². The van der Waals surface area contributed by atoms with Crippen LogP contribution in [0.3, 0.4) is 0 Å². The van der Waals surface area contributed by atoms with Gasteiger partial charge in [-0.2, -0.15) is 0 Å². The van der Waals surface area contributed by atoms with Crippen molar-refractivity contribution < 1.29 is 14.7 Å². The Kier molecular flexibility index (Phi) is 8.69. The average Bonchev–Trinajstić information content (AvgIpc) is 2.99. The number of hydrogen-bond donors (Lipinski definition) is 3. The summed E-state index contributed by atoms with van der Waals surface area (Å²) in [7, 11) is 0. The number of rotatable bonds is 10. The number of carbonyl (C=O) groups excluding carboxylic acids is 2. The van der Waals surface area contributed by atoms with E-state index in [9.17, 15) is 9.59 Å². The van der Waals surface area contributed by atoms with Crippen LogP contribution in [0, 0.1) is 5.92 Å². The van der Waals surface area contributed by atoms with Gasteiger partial charge in [0.05, 0.1) is 4.88 Å². The second-order valence-electron chi connectivity index (χ2n) is 4.95. The van der Waals surface area contributed by atoms with Crippen molar-refractivity contribution in [1.82, 2.24) is 10.6 Å². The van der Waals surface area contributed by atoms with Crippen LogP contribution in [-0.2, 0) is 4.79 Å². The summed E-state index contributed by atoms with van der Waals surface area (Å²) in [4.78, 5) is 24.0. The molecule has 1 aromatic rings. The molecule has 21 heavy (non-hydrogen) atoms. The topological polar surface area (TPSA) is 78.4 Å². The highest BCUT2D eigenvalue weighted by molar-refractivity contribution is 7.12. The molecule has 1 rings (SSSR count). The van der Waals surface area contributed by atoms with Gasteiger partial charge in [-0.15, -0.1) is 11.3 Å². The van der Waals surface area contributed by atoms with Crippen LogP contribution in [0.4, 0.5) is 0 Å². The monoisotopic (exact) mass is 312 g/mol. The van der Waals surface area contributed by atoms with Crippen LogP contribution in [0.15, 0.2) is 17.5 Å². The van der Waals surface area contributed by atoms with Crippen LogP contribution in [0.2, 0.25) is 0 Å². The molecule has 0 saturated heterocycles. The Balaban J connectivity index is 2.17. The van der Waals surface area contributed by atoms with Crippen LogP contribution in [0.1, 0.15) is 42.3 Å². The molecule has 118 valence electrons. The van der Waals surface area contributed by atoms with E-state index < -0.39 is 0 Å². The van der Waals surface area contributed by atoms with E-state index in [1.54, 1.807) is 6.07 Å². The molecule has 1 heterocycles. The summed E-state index contributed by atoms with van der Waals surface area (Å²) in [6, 6.07) is 3.58. The lowest BCUT2D eigenvalue weighted by atomic mass is 10.0. The van der Waals surface area contributed by atoms with Crippen molar-refractivity contribution in [2.45, 2.75) is 32.6 Å². The molecule has 0 spiro atoms. The number of thiophene rings is 1. The first-order valence-electron chi connectivity index (χ1n) is 7.36. The predicted octanol–water partition coefficient (Wildman–Crippen LogP) is 1.78. The molecule has 5 nitrogen and oxygen atoms in total. The van der Waals surface area contributed by atoms with Gasteiger partial charge in [0.1, 0.15) is 0 Å². The molecule has 0 aromatic carbocycles. The Bertz CT molecular complexity index is 415. The third-order valence-electron chi connectivity index (χ3n) is 3.20. The first-order chi connectivity index (χ1) is 10.2. The maximum atomic E-state index is 11.7. The lowest BCUT2D eigenvalue weighted by Gasteiger charge is -2.15. The van der Waals surface area contributed by atoms with Crippen LogP contribution in [0.25, 0.3) is 0 Å². The smallest absolute Gasteiger partial charge is 0.261 e. The number of carbonyl (C=O) groups is 2. The van der Waals surface area contributed by atoms with E-state index in [1.807, 2.05) is 11.4 Å². The quantitative estimate of drug-likeness (QED) is 0.616. The van der Waals surface area contributed by atoms with Crippen molar-refractivity contribution in [2.75, 3.05) is 19.7 Å². The van der Waals surface area contributed by atoms with Gasteiger partial charge in [0, 0.05) is 26.1 Å². The van der Waals surface area contributed by atoms with E-state index in [1.165, 1.54) is 11.3 Å². The molecule has 0 bridgehead atoms. The molecule has 1 unspecified atom stereocenters. The molecule has 1 aromatic heterocycles. The SMILES string of the molecule is CCCC(CCO)CNC(=O)CCNC(=O)c1cccs1. The summed E-state index contributed by atoms with van der Waals surface area (Å²) in [6.07, 6.45) is 3.02. The van der Waals surface area contributed by atoms with Crippen molar-refractivity contribution in [3.63, 3.8) is 0 Å². The second-order valence-corrected chi connectivity index (χ2v) is 5.90. The number of nitrogens with one attached hydrogen (secondary N) is 2. The molecule has 0 aliphatic carbocycles. The fourth-order valence-electron chi connectivity index (χ4n) is 2.07. The highest BCUT2D eigenvalue weighted by atomic mass is 32.1. The van der Waals surface area contributed by atoms with E-state index in [-0.39, 0.29) is 24.8 Å². The lowest BCUT2D eigenvalue weighted by Crippen LogP contribution is -2.33. The van der Waals surface area contributed by atoms with E-state index >= 15 is 0 Å². The van der Waals surface area contributed by atoms with Gasteiger partial charge < -0.3 is 15.7 Å². The van der Waals surface area contributed by atoms with Gasteiger partial charge in [-0.25, -0.2) is 0 Å². The first kappa shape index (κ1) is 17.7. The van der Waals surface area contributed by atoms with Gasteiger partial charge in [0.25, 0.3) is 5.91 Å². The number of amides is 2. The highest BCUT2D eigenvalue weighted by Gasteiger charge is 2.10. The molecular formula is C15H24N2O3S. The standard InChI is InChI=1S/C15H24N2O3S/c1-2-4-12(7-9-18)11-17-14(19)6-8-16-15(20)13-5-3-10-21-13/h3,5,10,12,18H,2,4,6-9,11H2,1H3,(H,16,20)(H,17,19). The minimum Gasteiger partial charge on any atom is -0.396 e. The summed E-state index contributed by atoms with van der Waals surface area (Å²) < 4.78 is 0. The summed E-state index contributed by atoms with van der Waals surface area (Å²) in [6.45, 7) is 3.16. The summed E-state index contributed by atoms with van der Waals surface area (Å²) >= 11 is 1.38. The van der Waals surface area contributed by atoms with Gasteiger partial charge in [0.2, 0.25) is 5.91 Å². The van der Waals surface area contributed by atoms with Gasteiger partial charge in [-0.1, -0.05) is 19.4 Å². The summed E-state index contributed by atoms with van der Waals surface area (Å²) in [5, 5.41) is 16.4. The second kappa shape index (κ2) is 10.3. The maximum Gasteiger partial charge on any atom is 0.261 e. The Morgan fingerprint density at radius 3 is 2.76 bits per heavy atom. The maximum absolute atomic E-state index is 11.7. The van der Waals surface area contributed by atoms with Crippen molar-refractivity contribution >= 4 is 23.2 Å². The molecule has 0 fully saturated rings. The van der Waals surface area contributed by atoms with Gasteiger partial charge in [-0.05, 0) is 30.2 Å². The van der Waals surface area contributed by atoms with Crippen LogP contribution < -0.4 is 10.6 Å². The van der Waals surface area contributed by atoms with Gasteiger partial charge in [0.15, 0.2) is 0 Å². The van der Waals surface area contributed by atoms with Crippen LogP contribution in [-0.4, -0.2) is 36.6 Å². The molecule has 0 radical (unpaired) electrons. The molecule has 2 amide bonds. The van der Waals surface area contributed by atoms with Crippen molar-refractivity contribution in [3.05, 3.63) is 22.4 Å². The van der Waals surface area contributed by atoms with E-state index in [2.05, 4.69) is 17.6 Å². The van der Waals surface area contributed by atoms with Crippen LogP contribution in [0.5, 0.6) is 0 Å². The normalized spacial score (nSPS) is 11.9. The van der Waals surface area contributed by atoms with Gasteiger partial charge in [-0.3, -0.25) is 9.59 Å². The third-order valence-corrected chi connectivity index (χ3v) is 4.07. The first-order valence-corrected chi connectivity index (χ1v) is 8.24. The van der Waals surface area contributed by atoms with Gasteiger partial charge >= 0.3 is 0 Å². The lowest BCUT2D eigenvalue weighted by molar-refractivity contribution is -0.121. The number of aliphatic hydroxyl groups is 1. The number of hydrogen-bond acceptors (Lipinski definition) is 4. The Morgan fingerprint density at radius 2 is 2.14 bits per heavy atom. The minimum atomic E-state index is -0.137. The fraction of sp³-hybridized carbons (Fsp3) is 0.600. The summed E-state index contributed by atoms with van der Waals surface area (Å²) in [5.74, 6) is 0.118. The molecule has 6 heteroatoms. The van der Waals surface area contributed by atoms with E-state index in [4.69, 9.17) is 5.11 Å². The Morgan fingerprint density at radius 1 is 1.33 bits per heavy atom. The molecule has 0 saturated carbocycles. The Hall–Kier alpha value is -1.40. The molecule has 0 aliphatic rings. The number of aliphatic hydroxyl groups excluding tert-OH is 1.